The van der Waals surface area contributed by atoms with E-state index in [2.05, 4.69) is 0 Å². The molecular weight excluding hydrogens is 208 g/mol. The van der Waals surface area contributed by atoms with Crippen LogP contribution < -0.4 is 4.74 Å². The molecule has 0 fully saturated rings. The second-order valence-electron chi connectivity index (χ2n) is 2.72. The van der Waals surface area contributed by atoms with E-state index >= 15 is 0 Å². The number of carboxylic acids is 1. The minimum absolute atomic E-state index is 0.0700. The molecule has 14 heavy (non-hydrogen) atoms. The van der Waals surface area contributed by atoms with Gasteiger partial charge in [-0.1, -0.05) is 11.6 Å². The molecule has 0 aliphatic carbocycles. The van der Waals surface area contributed by atoms with Crippen molar-refractivity contribution in [2.45, 2.75) is 6.92 Å². The molecule has 0 saturated carbocycles. The van der Waals surface area contributed by atoms with Crippen molar-refractivity contribution in [1.29, 1.82) is 0 Å². The molecule has 1 aromatic carbocycles. The second-order valence-corrected chi connectivity index (χ2v) is 3.12. The first-order valence-electron chi connectivity index (χ1n) is 3.78. The Morgan fingerprint density at radius 2 is 2.14 bits per heavy atom. The highest BCUT2D eigenvalue weighted by Gasteiger charge is 2.20. The van der Waals surface area contributed by atoms with E-state index in [1.165, 1.54) is 13.2 Å². The second kappa shape index (κ2) is 3.75. The van der Waals surface area contributed by atoms with Gasteiger partial charge in [-0.2, -0.15) is 0 Å². The summed E-state index contributed by atoms with van der Waals surface area (Å²) in [5.74, 6) is -1.53. The first-order chi connectivity index (χ1) is 6.49. The average Bonchev–Trinajstić information content (AvgIpc) is 2.10. The van der Waals surface area contributed by atoms with Gasteiger partial charge in [-0.25, -0.2) is 4.79 Å². The fourth-order valence-electron chi connectivity index (χ4n) is 1.18. The normalized spacial score (nSPS) is 9.93. The van der Waals surface area contributed by atoms with Crippen LogP contribution >= 0.6 is 11.6 Å². The monoisotopic (exact) mass is 216 g/mol. The van der Waals surface area contributed by atoms with Crippen LogP contribution in [0.25, 0.3) is 0 Å². The highest BCUT2D eigenvalue weighted by Crippen LogP contribution is 2.36. The minimum Gasteiger partial charge on any atom is -0.504 e. The van der Waals surface area contributed by atoms with Crippen molar-refractivity contribution in [3.05, 3.63) is 22.2 Å². The van der Waals surface area contributed by atoms with Gasteiger partial charge in [0.15, 0.2) is 11.5 Å². The van der Waals surface area contributed by atoms with E-state index in [4.69, 9.17) is 21.4 Å². The topological polar surface area (TPSA) is 66.8 Å². The van der Waals surface area contributed by atoms with E-state index in [-0.39, 0.29) is 22.1 Å². The zero-order valence-corrected chi connectivity index (χ0v) is 8.42. The van der Waals surface area contributed by atoms with Gasteiger partial charge in [0.1, 0.15) is 5.56 Å². The molecule has 0 aliphatic rings. The summed E-state index contributed by atoms with van der Waals surface area (Å²) in [6.07, 6.45) is 0. The van der Waals surface area contributed by atoms with Gasteiger partial charge < -0.3 is 14.9 Å². The number of carboxylic acid groups (broad SMARTS) is 1. The quantitative estimate of drug-likeness (QED) is 0.794. The maximum atomic E-state index is 10.9. The lowest BCUT2D eigenvalue weighted by atomic mass is 10.1. The van der Waals surface area contributed by atoms with Crippen LogP contribution in [0.5, 0.6) is 11.5 Å². The minimum atomic E-state index is -1.18. The number of halogens is 1. The Morgan fingerprint density at radius 3 is 2.57 bits per heavy atom. The van der Waals surface area contributed by atoms with Crippen molar-refractivity contribution < 1.29 is 19.7 Å². The largest absolute Gasteiger partial charge is 0.504 e. The van der Waals surface area contributed by atoms with Crippen LogP contribution in [0.15, 0.2) is 6.07 Å². The van der Waals surface area contributed by atoms with E-state index in [9.17, 15) is 9.90 Å². The summed E-state index contributed by atoms with van der Waals surface area (Å²) in [6.45, 7) is 1.55. The number of aromatic carboxylic acids is 1. The lowest BCUT2D eigenvalue weighted by molar-refractivity contribution is 0.0691. The molecule has 0 heterocycles. The zero-order valence-electron chi connectivity index (χ0n) is 7.67. The summed E-state index contributed by atoms with van der Waals surface area (Å²) in [6, 6.07) is 1.25. The number of phenolic OH excluding ortho intramolecular Hbond substituents is 1. The maximum absolute atomic E-state index is 10.9. The van der Waals surface area contributed by atoms with Gasteiger partial charge in [-0.15, -0.1) is 0 Å². The standard InChI is InChI=1S/C9H9ClO4/c1-4-5(10)3-6(11)8(14-2)7(4)9(12)13/h3,11H,1-2H3,(H,12,13). The van der Waals surface area contributed by atoms with E-state index in [0.29, 0.717) is 5.56 Å². The molecule has 0 saturated heterocycles. The van der Waals surface area contributed by atoms with E-state index < -0.39 is 5.97 Å². The number of carbonyl (C=O) groups is 1. The van der Waals surface area contributed by atoms with Gasteiger partial charge in [0, 0.05) is 11.1 Å². The Kier molecular flexibility index (Phi) is 2.86. The van der Waals surface area contributed by atoms with Crippen molar-refractivity contribution in [3.63, 3.8) is 0 Å². The van der Waals surface area contributed by atoms with E-state index in [0.717, 1.165) is 0 Å². The van der Waals surface area contributed by atoms with E-state index in [1.807, 2.05) is 0 Å². The summed E-state index contributed by atoms with van der Waals surface area (Å²) in [5.41, 5.74) is 0.256. The molecule has 0 atom stereocenters. The predicted molar refractivity (Wildman–Crippen MR) is 51.4 cm³/mol. The first kappa shape index (κ1) is 10.7. The van der Waals surface area contributed by atoms with Crippen LogP contribution in [0.3, 0.4) is 0 Å². The molecule has 0 spiro atoms. The zero-order chi connectivity index (χ0) is 10.9. The molecule has 0 radical (unpaired) electrons. The number of hydrogen-bond donors (Lipinski definition) is 2. The van der Waals surface area contributed by atoms with Gasteiger partial charge in [0.05, 0.1) is 7.11 Å². The Bertz CT molecular complexity index is 387. The number of aromatic hydroxyl groups is 1. The van der Waals surface area contributed by atoms with Gasteiger partial charge in [-0.05, 0) is 12.5 Å². The smallest absolute Gasteiger partial charge is 0.339 e. The molecule has 0 aromatic heterocycles. The third-order valence-corrected chi connectivity index (χ3v) is 2.27. The Balaban J connectivity index is 3.56. The Hall–Kier alpha value is -1.42. The molecule has 76 valence electrons. The first-order valence-corrected chi connectivity index (χ1v) is 4.16. The highest BCUT2D eigenvalue weighted by molar-refractivity contribution is 6.32. The van der Waals surface area contributed by atoms with Gasteiger partial charge in [0.2, 0.25) is 0 Å². The number of phenols is 1. The van der Waals surface area contributed by atoms with Crippen LogP contribution in [0.2, 0.25) is 5.02 Å². The molecular formula is C9H9ClO4. The molecule has 5 heteroatoms. The summed E-state index contributed by atoms with van der Waals surface area (Å²) in [5, 5.41) is 18.4. The lowest BCUT2D eigenvalue weighted by Gasteiger charge is -2.10. The molecule has 0 unspecified atom stereocenters. The number of benzene rings is 1. The average molecular weight is 217 g/mol. The van der Waals surface area contributed by atoms with Crippen LogP contribution in [0.4, 0.5) is 0 Å². The van der Waals surface area contributed by atoms with Crippen molar-refractivity contribution >= 4 is 17.6 Å². The summed E-state index contributed by atoms with van der Waals surface area (Å²) in [7, 11) is 1.29. The third-order valence-electron chi connectivity index (χ3n) is 1.87. The maximum Gasteiger partial charge on any atom is 0.339 e. The molecule has 1 aromatic rings. The number of methoxy groups -OCH3 is 1. The van der Waals surface area contributed by atoms with Crippen LogP contribution in [-0.2, 0) is 0 Å². The molecule has 0 aliphatic heterocycles. The van der Waals surface area contributed by atoms with Crippen LogP contribution in [-0.4, -0.2) is 23.3 Å². The number of rotatable bonds is 2. The molecule has 0 amide bonds. The molecule has 4 nitrogen and oxygen atoms in total. The summed E-state index contributed by atoms with van der Waals surface area (Å²) >= 11 is 5.71. The SMILES string of the molecule is COc1c(O)cc(Cl)c(C)c1C(=O)O. The third kappa shape index (κ3) is 1.61. The number of hydrogen-bond acceptors (Lipinski definition) is 3. The van der Waals surface area contributed by atoms with Crippen molar-refractivity contribution in [2.75, 3.05) is 7.11 Å². The van der Waals surface area contributed by atoms with Crippen LogP contribution in [0.1, 0.15) is 15.9 Å². The fraction of sp³-hybridized carbons (Fsp3) is 0.222. The lowest BCUT2D eigenvalue weighted by Crippen LogP contribution is -2.04. The summed E-state index contributed by atoms with van der Waals surface area (Å²) in [4.78, 5) is 10.9. The van der Waals surface area contributed by atoms with Gasteiger partial charge in [-0.3, -0.25) is 0 Å². The fourth-order valence-corrected chi connectivity index (χ4v) is 1.37. The molecule has 1 rings (SSSR count). The Morgan fingerprint density at radius 1 is 1.57 bits per heavy atom. The van der Waals surface area contributed by atoms with Gasteiger partial charge >= 0.3 is 5.97 Å². The molecule has 2 N–H and O–H groups in total. The highest BCUT2D eigenvalue weighted by atomic mass is 35.5. The van der Waals surface area contributed by atoms with Crippen LogP contribution in [0, 0.1) is 6.92 Å². The van der Waals surface area contributed by atoms with Gasteiger partial charge in [0.25, 0.3) is 0 Å². The Labute approximate surface area is 85.7 Å². The number of ether oxygens (including phenoxy) is 1. The predicted octanol–water partition coefficient (Wildman–Crippen LogP) is 2.06. The summed E-state index contributed by atoms with van der Waals surface area (Å²) < 4.78 is 4.78. The van der Waals surface area contributed by atoms with E-state index in [1.54, 1.807) is 6.92 Å². The molecule has 0 bridgehead atoms. The van der Waals surface area contributed by atoms with Crippen molar-refractivity contribution in [1.82, 2.24) is 0 Å². The van der Waals surface area contributed by atoms with Crippen molar-refractivity contribution in [3.8, 4) is 11.5 Å². The van der Waals surface area contributed by atoms with Crippen molar-refractivity contribution in [2.24, 2.45) is 0 Å².